The van der Waals surface area contributed by atoms with Crippen molar-refractivity contribution in [3.05, 3.63) is 35.4 Å². The molecule has 0 aromatic heterocycles. The largest absolute Gasteiger partial charge is 0.342 e. The first-order chi connectivity index (χ1) is 9.76. The number of amides is 1. The second-order valence-corrected chi connectivity index (χ2v) is 6.31. The van der Waals surface area contributed by atoms with Crippen LogP contribution in [0.5, 0.6) is 0 Å². The first-order valence-corrected chi connectivity index (χ1v) is 7.81. The second-order valence-electron chi connectivity index (χ2n) is 6.31. The molecule has 1 aliphatic carbocycles. The highest BCUT2D eigenvalue weighted by molar-refractivity contribution is 5.76. The van der Waals surface area contributed by atoms with Crippen molar-refractivity contribution in [1.82, 2.24) is 4.90 Å². The monoisotopic (exact) mass is 272 g/mol. The Morgan fingerprint density at radius 2 is 2.00 bits per heavy atom. The second kappa shape index (κ2) is 5.96. The summed E-state index contributed by atoms with van der Waals surface area (Å²) in [5, 5.41) is 0. The number of carbonyl (C=O) groups excluding carboxylic acids is 1. The zero-order valence-corrected chi connectivity index (χ0v) is 12.1. The van der Waals surface area contributed by atoms with Gasteiger partial charge in [-0.1, -0.05) is 24.3 Å². The van der Waals surface area contributed by atoms with E-state index >= 15 is 0 Å². The molecule has 3 rings (SSSR count). The Bertz CT molecular complexity index is 486. The molecular weight excluding hydrogens is 248 g/mol. The Kier molecular flexibility index (Phi) is 4.06. The Labute approximate surface area is 121 Å². The van der Waals surface area contributed by atoms with Crippen LogP contribution in [-0.2, 0) is 17.6 Å². The van der Waals surface area contributed by atoms with Gasteiger partial charge in [-0.3, -0.25) is 4.79 Å². The average molecular weight is 272 g/mol. The minimum absolute atomic E-state index is 0.338. The van der Waals surface area contributed by atoms with Crippen LogP contribution in [-0.4, -0.2) is 30.4 Å². The molecule has 2 atom stereocenters. The standard InChI is InChI=1S/C17H24N2O/c18-11-14-7-8-19(12-14)17(20)10-13-5-6-15-3-1-2-4-16(15)9-13/h1-4,13-14H,5-12,18H2. The molecule has 3 heteroatoms. The fourth-order valence-electron chi connectivity index (χ4n) is 3.58. The summed E-state index contributed by atoms with van der Waals surface area (Å²) in [5.41, 5.74) is 8.61. The highest BCUT2D eigenvalue weighted by atomic mass is 16.2. The third-order valence-electron chi connectivity index (χ3n) is 4.88. The van der Waals surface area contributed by atoms with Crippen LogP contribution in [0.25, 0.3) is 0 Å². The maximum Gasteiger partial charge on any atom is 0.222 e. The van der Waals surface area contributed by atoms with Gasteiger partial charge in [0.1, 0.15) is 0 Å². The number of rotatable bonds is 3. The zero-order chi connectivity index (χ0) is 13.9. The molecule has 0 saturated carbocycles. The Balaban J connectivity index is 1.56. The summed E-state index contributed by atoms with van der Waals surface area (Å²) in [6.07, 6.45) is 5.13. The smallest absolute Gasteiger partial charge is 0.222 e. The van der Waals surface area contributed by atoms with Crippen molar-refractivity contribution in [3.8, 4) is 0 Å². The molecule has 1 heterocycles. The van der Waals surface area contributed by atoms with Gasteiger partial charge in [-0.2, -0.15) is 0 Å². The van der Waals surface area contributed by atoms with Crippen molar-refractivity contribution in [2.75, 3.05) is 19.6 Å². The molecule has 1 aromatic rings. The van der Waals surface area contributed by atoms with Crippen LogP contribution >= 0.6 is 0 Å². The molecule has 2 N–H and O–H groups in total. The SMILES string of the molecule is NCC1CCN(C(=O)CC2CCc3ccccc3C2)C1. The molecule has 1 amide bonds. The number of carbonyl (C=O) groups is 1. The molecule has 20 heavy (non-hydrogen) atoms. The molecule has 3 nitrogen and oxygen atoms in total. The van der Waals surface area contributed by atoms with E-state index in [1.165, 1.54) is 11.1 Å². The van der Waals surface area contributed by atoms with Gasteiger partial charge in [0.25, 0.3) is 0 Å². The average Bonchev–Trinajstić information content (AvgIpc) is 2.96. The molecule has 1 aliphatic heterocycles. The van der Waals surface area contributed by atoms with E-state index in [1.807, 2.05) is 4.90 Å². The summed E-state index contributed by atoms with van der Waals surface area (Å²) < 4.78 is 0. The molecular formula is C17H24N2O. The molecule has 2 unspecified atom stereocenters. The van der Waals surface area contributed by atoms with Gasteiger partial charge in [0, 0.05) is 19.5 Å². The zero-order valence-electron chi connectivity index (χ0n) is 12.1. The molecule has 0 spiro atoms. The van der Waals surface area contributed by atoms with E-state index in [-0.39, 0.29) is 0 Å². The fourth-order valence-corrected chi connectivity index (χ4v) is 3.58. The van der Waals surface area contributed by atoms with E-state index in [0.717, 1.165) is 38.8 Å². The summed E-state index contributed by atoms with van der Waals surface area (Å²) in [5.74, 6) is 1.38. The summed E-state index contributed by atoms with van der Waals surface area (Å²) >= 11 is 0. The third-order valence-corrected chi connectivity index (χ3v) is 4.88. The van der Waals surface area contributed by atoms with Crippen LogP contribution < -0.4 is 5.73 Å². The molecule has 2 aliphatic rings. The maximum atomic E-state index is 12.4. The van der Waals surface area contributed by atoms with Gasteiger partial charge in [-0.25, -0.2) is 0 Å². The lowest BCUT2D eigenvalue weighted by atomic mass is 9.82. The quantitative estimate of drug-likeness (QED) is 0.914. The highest BCUT2D eigenvalue weighted by Gasteiger charge is 2.28. The molecule has 1 fully saturated rings. The lowest BCUT2D eigenvalue weighted by Gasteiger charge is -2.26. The topological polar surface area (TPSA) is 46.3 Å². The number of likely N-dealkylation sites (tertiary alicyclic amines) is 1. The molecule has 0 radical (unpaired) electrons. The summed E-state index contributed by atoms with van der Waals surface area (Å²) in [6, 6.07) is 8.66. The van der Waals surface area contributed by atoms with Crippen LogP contribution in [0.4, 0.5) is 0 Å². The van der Waals surface area contributed by atoms with Crippen molar-refractivity contribution in [2.24, 2.45) is 17.6 Å². The van der Waals surface area contributed by atoms with Gasteiger partial charge >= 0.3 is 0 Å². The van der Waals surface area contributed by atoms with Crippen LogP contribution in [0.3, 0.4) is 0 Å². The van der Waals surface area contributed by atoms with E-state index in [9.17, 15) is 4.79 Å². The Hall–Kier alpha value is -1.35. The minimum atomic E-state index is 0.338. The number of hydrogen-bond acceptors (Lipinski definition) is 2. The van der Waals surface area contributed by atoms with Crippen LogP contribution in [0.15, 0.2) is 24.3 Å². The molecule has 0 bridgehead atoms. The van der Waals surface area contributed by atoms with E-state index in [4.69, 9.17) is 5.73 Å². The maximum absolute atomic E-state index is 12.4. The number of nitrogens with two attached hydrogens (primary N) is 1. The molecule has 1 aromatic carbocycles. The predicted octanol–water partition coefficient (Wildman–Crippen LogP) is 1.99. The number of nitrogens with zero attached hydrogens (tertiary/aromatic N) is 1. The van der Waals surface area contributed by atoms with E-state index in [2.05, 4.69) is 24.3 Å². The van der Waals surface area contributed by atoms with Gasteiger partial charge in [0.05, 0.1) is 0 Å². The van der Waals surface area contributed by atoms with Gasteiger partial charge in [0.15, 0.2) is 0 Å². The first kappa shape index (κ1) is 13.6. The number of fused-ring (bicyclic) bond motifs is 1. The van der Waals surface area contributed by atoms with Crippen LogP contribution in [0.1, 0.15) is 30.4 Å². The van der Waals surface area contributed by atoms with E-state index < -0.39 is 0 Å². The van der Waals surface area contributed by atoms with Gasteiger partial charge in [-0.05, 0) is 55.2 Å². The highest BCUT2D eigenvalue weighted by Crippen LogP contribution is 2.28. The van der Waals surface area contributed by atoms with Crippen LogP contribution in [0, 0.1) is 11.8 Å². The third kappa shape index (κ3) is 2.88. The normalized spacial score (nSPS) is 25.6. The lowest BCUT2D eigenvalue weighted by Crippen LogP contribution is -2.32. The Morgan fingerprint density at radius 1 is 1.20 bits per heavy atom. The number of benzene rings is 1. The summed E-state index contributed by atoms with van der Waals surface area (Å²) in [6.45, 7) is 2.49. The Morgan fingerprint density at radius 3 is 2.75 bits per heavy atom. The number of hydrogen-bond donors (Lipinski definition) is 1. The summed E-state index contributed by atoms with van der Waals surface area (Å²) in [4.78, 5) is 14.4. The van der Waals surface area contributed by atoms with E-state index in [1.54, 1.807) is 0 Å². The first-order valence-electron chi connectivity index (χ1n) is 7.81. The molecule has 1 saturated heterocycles. The van der Waals surface area contributed by atoms with Crippen molar-refractivity contribution < 1.29 is 4.79 Å². The van der Waals surface area contributed by atoms with Crippen molar-refractivity contribution in [1.29, 1.82) is 0 Å². The van der Waals surface area contributed by atoms with E-state index in [0.29, 0.717) is 30.7 Å². The van der Waals surface area contributed by atoms with Crippen molar-refractivity contribution in [3.63, 3.8) is 0 Å². The number of aryl methyl sites for hydroxylation is 1. The summed E-state index contributed by atoms with van der Waals surface area (Å²) in [7, 11) is 0. The van der Waals surface area contributed by atoms with Crippen molar-refractivity contribution >= 4 is 5.91 Å². The minimum Gasteiger partial charge on any atom is -0.342 e. The fraction of sp³-hybridized carbons (Fsp3) is 0.588. The molecule has 108 valence electrons. The van der Waals surface area contributed by atoms with Gasteiger partial charge in [-0.15, -0.1) is 0 Å². The predicted molar refractivity (Wildman–Crippen MR) is 80.3 cm³/mol. The van der Waals surface area contributed by atoms with Crippen molar-refractivity contribution in [2.45, 2.75) is 32.1 Å². The van der Waals surface area contributed by atoms with Gasteiger partial charge in [0.2, 0.25) is 5.91 Å². The lowest BCUT2D eigenvalue weighted by molar-refractivity contribution is -0.131. The van der Waals surface area contributed by atoms with Gasteiger partial charge < -0.3 is 10.6 Å². The van der Waals surface area contributed by atoms with Crippen LogP contribution in [0.2, 0.25) is 0 Å².